The highest BCUT2D eigenvalue weighted by Crippen LogP contribution is 2.23. The molecule has 1 nitrogen and oxygen atoms in total. The minimum Gasteiger partial charge on any atom is -0.385 e. The number of hydrogen-bond acceptors (Lipinski definition) is 1. The molecule has 0 saturated heterocycles. The summed E-state index contributed by atoms with van der Waals surface area (Å²) in [4.78, 5) is 0. The summed E-state index contributed by atoms with van der Waals surface area (Å²) in [7, 11) is 0. The number of rotatable bonds is 3. The maximum absolute atomic E-state index is 9.96. The van der Waals surface area contributed by atoms with Gasteiger partial charge in [0.2, 0.25) is 0 Å². The monoisotopic (exact) mass is 178 g/mol. The molecule has 1 heteroatoms. The molecule has 0 spiro atoms. The molecule has 0 aliphatic heterocycles. The van der Waals surface area contributed by atoms with Crippen molar-refractivity contribution in [3.8, 4) is 0 Å². The van der Waals surface area contributed by atoms with Crippen LogP contribution in [0.2, 0.25) is 0 Å². The smallest absolute Gasteiger partial charge is 0.0865 e. The molecule has 1 aromatic rings. The third-order valence-electron chi connectivity index (χ3n) is 2.67. The molecule has 0 aliphatic carbocycles. The summed E-state index contributed by atoms with van der Waals surface area (Å²) in [6, 6.07) is 8.20. The van der Waals surface area contributed by atoms with Gasteiger partial charge in [0.15, 0.2) is 0 Å². The Kier molecular flexibility index (Phi) is 3.10. The molecule has 0 aromatic heterocycles. The van der Waals surface area contributed by atoms with Crippen molar-refractivity contribution in [2.24, 2.45) is 0 Å². The average molecular weight is 178 g/mol. The number of aliphatic hydroxyl groups is 1. The molecule has 0 fully saturated rings. The van der Waals surface area contributed by atoms with E-state index in [0.29, 0.717) is 0 Å². The normalized spacial score (nSPS) is 15.4. The molecule has 1 aromatic carbocycles. The van der Waals surface area contributed by atoms with Gasteiger partial charge in [0.25, 0.3) is 0 Å². The van der Waals surface area contributed by atoms with E-state index in [4.69, 9.17) is 0 Å². The number of hydrogen-bond donors (Lipinski definition) is 1. The second-order valence-electron chi connectivity index (χ2n) is 3.68. The van der Waals surface area contributed by atoms with Gasteiger partial charge in [-0.25, -0.2) is 0 Å². The van der Waals surface area contributed by atoms with E-state index in [2.05, 4.69) is 19.1 Å². The van der Waals surface area contributed by atoms with Crippen molar-refractivity contribution in [2.75, 3.05) is 0 Å². The van der Waals surface area contributed by atoms with Gasteiger partial charge in [0.05, 0.1) is 5.60 Å². The van der Waals surface area contributed by atoms with Crippen molar-refractivity contribution < 1.29 is 5.11 Å². The zero-order valence-electron chi connectivity index (χ0n) is 8.67. The van der Waals surface area contributed by atoms with E-state index in [9.17, 15) is 5.11 Å². The summed E-state index contributed by atoms with van der Waals surface area (Å²) in [6.07, 6.45) is 1.80. The Hall–Kier alpha value is -0.820. The lowest BCUT2D eigenvalue weighted by Crippen LogP contribution is -2.19. The van der Waals surface area contributed by atoms with Crippen LogP contribution >= 0.6 is 0 Å². The predicted molar refractivity (Wildman–Crippen MR) is 55.7 cm³/mol. The first-order valence-electron chi connectivity index (χ1n) is 4.92. The standard InChI is InChI=1S/C12H18O/c1-4-10-6-8-11(9-7-10)12(3,13)5-2/h6-9,13H,4-5H2,1-3H3/t12-/m1/s1. The SMILES string of the molecule is CCc1ccc([C@](C)(O)CC)cc1. The lowest BCUT2D eigenvalue weighted by atomic mass is 9.92. The Labute approximate surface area is 80.4 Å². The maximum Gasteiger partial charge on any atom is 0.0865 e. The van der Waals surface area contributed by atoms with Crippen molar-refractivity contribution in [1.82, 2.24) is 0 Å². The summed E-state index contributed by atoms with van der Waals surface area (Å²) in [5, 5.41) is 9.96. The zero-order chi connectivity index (χ0) is 9.90. The minimum atomic E-state index is -0.674. The molecule has 0 saturated carbocycles. The number of benzene rings is 1. The molecule has 0 unspecified atom stereocenters. The van der Waals surface area contributed by atoms with E-state index in [1.54, 1.807) is 0 Å². The first kappa shape index (κ1) is 10.3. The van der Waals surface area contributed by atoms with Crippen LogP contribution in [-0.4, -0.2) is 5.11 Å². The molecule has 0 heterocycles. The molecule has 0 amide bonds. The first-order valence-corrected chi connectivity index (χ1v) is 4.92. The molecular weight excluding hydrogens is 160 g/mol. The van der Waals surface area contributed by atoms with Crippen molar-refractivity contribution in [2.45, 2.75) is 39.2 Å². The molecule has 0 aliphatic rings. The second-order valence-corrected chi connectivity index (χ2v) is 3.68. The second kappa shape index (κ2) is 3.93. The Morgan fingerprint density at radius 1 is 1.15 bits per heavy atom. The van der Waals surface area contributed by atoms with Crippen molar-refractivity contribution in [3.05, 3.63) is 35.4 Å². The Bertz CT molecular complexity index is 259. The van der Waals surface area contributed by atoms with Crippen LogP contribution in [-0.2, 0) is 12.0 Å². The van der Waals surface area contributed by atoms with Gasteiger partial charge in [-0.1, -0.05) is 38.1 Å². The highest BCUT2D eigenvalue weighted by atomic mass is 16.3. The van der Waals surface area contributed by atoms with Crippen LogP contribution in [0.3, 0.4) is 0 Å². The zero-order valence-corrected chi connectivity index (χ0v) is 8.67. The fraction of sp³-hybridized carbons (Fsp3) is 0.500. The number of aryl methyl sites for hydroxylation is 1. The summed E-state index contributed by atoms with van der Waals surface area (Å²) < 4.78 is 0. The molecule has 1 atom stereocenters. The highest BCUT2D eigenvalue weighted by molar-refractivity contribution is 5.26. The third-order valence-corrected chi connectivity index (χ3v) is 2.67. The summed E-state index contributed by atoms with van der Waals surface area (Å²) in [5.41, 5.74) is 1.65. The van der Waals surface area contributed by atoms with Gasteiger partial charge >= 0.3 is 0 Å². The van der Waals surface area contributed by atoms with Gasteiger partial charge in [0, 0.05) is 0 Å². The van der Waals surface area contributed by atoms with Gasteiger partial charge in [-0.2, -0.15) is 0 Å². The summed E-state index contributed by atoms with van der Waals surface area (Å²) in [6.45, 7) is 5.98. The van der Waals surface area contributed by atoms with Crippen LogP contribution in [0.1, 0.15) is 38.3 Å². The third kappa shape index (κ3) is 2.31. The van der Waals surface area contributed by atoms with Crippen molar-refractivity contribution in [1.29, 1.82) is 0 Å². The molecule has 0 bridgehead atoms. The van der Waals surface area contributed by atoms with Gasteiger partial charge < -0.3 is 5.11 Å². The van der Waals surface area contributed by atoms with Gasteiger partial charge in [0.1, 0.15) is 0 Å². The molecule has 1 rings (SSSR count). The minimum absolute atomic E-state index is 0.674. The van der Waals surface area contributed by atoms with E-state index in [1.807, 2.05) is 26.0 Å². The van der Waals surface area contributed by atoms with Gasteiger partial charge in [-0.05, 0) is 30.9 Å². The fourth-order valence-corrected chi connectivity index (χ4v) is 1.30. The van der Waals surface area contributed by atoms with Crippen LogP contribution in [0.15, 0.2) is 24.3 Å². The summed E-state index contributed by atoms with van der Waals surface area (Å²) >= 11 is 0. The molecular formula is C12H18O. The van der Waals surface area contributed by atoms with Crippen LogP contribution in [0, 0.1) is 0 Å². The largest absolute Gasteiger partial charge is 0.385 e. The van der Waals surface area contributed by atoms with Crippen LogP contribution in [0.4, 0.5) is 0 Å². The maximum atomic E-state index is 9.96. The molecule has 72 valence electrons. The average Bonchev–Trinajstić information content (AvgIpc) is 2.18. The van der Waals surface area contributed by atoms with Crippen molar-refractivity contribution >= 4 is 0 Å². The van der Waals surface area contributed by atoms with E-state index in [0.717, 1.165) is 18.4 Å². The Morgan fingerprint density at radius 3 is 2.08 bits per heavy atom. The van der Waals surface area contributed by atoms with Crippen LogP contribution in [0.5, 0.6) is 0 Å². The molecule has 13 heavy (non-hydrogen) atoms. The van der Waals surface area contributed by atoms with Crippen LogP contribution in [0.25, 0.3) is 0 Å². The molecule has 0 radical (unpaired) electrons. The first-order chi connectivity index (χ1) is 6.10. The Balaban J connectivity index is 2.92. The predicted octanol–water partition coefficient (Wildman–Crippen LogP) is 2.87. The van der Waals surface area contributed by atoms with E-state index in [-0.39, 0.29) is 0 Å². The fourth-order valence-electron chi connectivity index (χ4n) is 1.30. The lowest BCUT2D eigenvalue weighted by molar-refractivity contribution is 0.0531. The van der Waals surface area contributed by atoms with Crippen molar-refractivity contribution in [3.63, 3.8) is 0 Å². The quantitative estimate of drug-likeness (QED) is 0.754. The van der Waals surface area contributed by atoms with E-state index >= 15 is 0 Å². The van der Waals surface area contributed by atoms with Gasteiger partial charge in [-0.3, -0.25) is 0 Å². The highest BCUT2D eigenvalue weighted by Gasteiger charge is 2.19. The van der Waals surface area contributed by atoms with Gasteiger partial charge in [-0.15, -0.1) is 0 Å². The Morgan fingerprint density at radius 2 is 1.69 bits per heavy atom. The van der Waals surface area contributed by atoms with E-state index in [1.165, 1.54) is 5.56 Å². The topological polar surface area (TPSA) is 20.2 Å². The van der Waals surface area contributed by atoms with Crippen LogP contribution < -0.4 is 0 Å². The lowest BCUT2D eigenvalue weighted by Gasteiger charge is -2.21. The molecule has 1 N–H and O–H groups in total. The van der Waals surface area contributed by atoms with E-state index < -0.39 is 5.60 Å². The summed E-state index contributed by atoms with van der Waals surface area (Å²) in [5.74, 6) is 0.